The Kier molecular flexibility index (Phi) is 4.16. The van der Waals surface area contributed by atoms with Crippen LogP contribution in [0.25, 0.3) is 0 Å². The van der Waals surface area contributed by atoms with Crippen molar-refractivity contribution in [2.24, 2.45) is 5.92 Å². The summed E-state index contributed by atoms with van der Waals surface area (Å²) in [4.78, 5) is 0. The van der Waals surface area contributed by atoms with Gasteiger partial charge in [0.25, 0.3) is 0 Å². The second-order valence-corrected chi connectivity index (χ2v) is 6.05. The lowest BCUT2D eigenvalue weighted by Crippen LogP contribution is -2.26. The van der Waals surface area contributed by atoms with Crippen molar-refractivity contribution >= 4 is 17.6 Å². The molecule has 1 N–H and O–H groups in total. The van der Waals surface area contributed by atoms with E-state index in [0.29, 0.717) is 12.0 Å². The number of thioether (sulfide) groups is 1. The monoisotopic (exact) mass is 239 g/mol. The Labute approximate surface area is 102 Å². The molecule has 1 fully saturated rings. The predicted molar refractivity (Wildman–Crippen MR) is 71.0 cm³/mol. The van der Waals surface area contributed by atoms with E-state index in [-0.39, 0.29) is 0 Å². The van der Waals surface area contributed by atoms with Crippen molar-refractivity contribution in [3.63, 3.8) is 0 Å². The Morgan fingerprint density at radius 1 is 1.50 bits per heavy atom. The number of aromatic nitrogens is 2. The number of rotatable bonds is 4. The highest BCUT2D eigenvalue weighted by atomic mass is 32.2. The van der Waals surface area contributed by atoms with Crippen LogP contribution in [0.1, 0.15) is 26.7 Å². The van der Waals surface area contributed by atoms with Crippen molar-refractivity contribution in [1.29, 1.82) is 0 Å². The predicted octanol–water partition coefficient (Wildman–Crippen LogP) is 2.85. The average Bonchev–Trinajstić information content (AvgIpc) is 2.66. The van der Waals surface area contributed by atoms with Crippen LogP contribution in [-0.2, 0) is 6.54 Å². The van der Waals surface area contributed by atoms with Crippen LogP contribution >= 0.6 is 11.8 Å². The Morgan fingerprint density at radius 2 is 2.25 bits per heavy atom. The van der Waals surface area contributed by atoms with Gasteiger partial charge in [-0.2, -0.15) is 16.9 Å². The Morgan fingerprint density at radius 3 is 2.94 bits per heavy atom. The topological polar surface area (TPSA) is 29.9 Å². The van der Waals surface area contributed by atoms with Gasteiger partial charge in [0.2, 0.25) is 0 Å². The number of hydrogen-bond acceptors (Lipinski definition) is 3. The maximum absolute atomic E-state index is 4.37. The minimum absolute atomic E-state index is 0.641. The lowest BCUT2D eigenvalue weighted by molar-refractivity contribution is 0.483. The van der Waals surface area contributed by atoms with Gasteiger partial charge in [0.05, 0.1) is 6.20 Å². The zero-order valence-electron chi connectivity index (χ0n) is 10.1. The summed E-state index contributed by atoms with van der Waals surface area (Å²) in [6.07, 6.45) is 4.44. The van der Waals surface area contributed by atoms with Gasteiger partial charge < -0.3 is 5.32 Å². The summed E-state index contributed by atoms with van der Waals surface area (Å²) in [5.74, 6) is 4.40. The summed E-state index contributed by atoms with van der Waals surface area (Å²) in [6.45, 7) is 5.45. The van der Waals surface area contributed by atoms with Crippen LogP contribution in [0.4, 0.5) is 5.82 Å². The van der Waals surface area contributed by atoms with Crippen LogP contribution in [0.2, 0.25) is 0 Å². The highest BCUT2D eigenvalue weighted by Crippen LogP contribution is 2.21. The molecule has 1 aliphatic rings. The fourth-order valence-electron chi connectivity index (χ4n) is 2.00. The normalized spacial score (nSPS) is 17.9. The largest absolute Gasteiger partial charge is 0.367 e. The molecule has 0 atom stereocenters. The van der Waals surface area contributed by atoms with Gasteiger partial charge >= 0.3 is 0 Å². The fraction of sp³-hybridized carbons (Fsp3) is 0.750. The molecule has 2 rings (SSSR count). The molecule has 0 amide bonds. The summed E-state index contributed by atoms with van der Waals surface area (Å²) >= 11 is 2.06. The summed E-state index contributed by atoms with van der Waals surface area (Å²) in [6, 6.07) is 2.73. The average molecular weight is 239 g/mol. The van der Waals surface area contributed by atoms with Gasteiger partial charge in [0.1, 0.15) is 5.82 Å². The third kappa shape index (κ3) is 3.17. The van der Waals surface area contributed by atoms with Gasteiger partial charge in [-0.1, -0.05) is 13.8 Å². The number of nitrogens with zero attached hydrogens (tertiary/aromatic N) is 2. The zero-order chi connectivity index (χ0) is 11.4. The first-order chi connectivity index (χ1) is 7.75. The van der Waals surface area contributed by atoms with E-state index in [2.05, 4.69) is 46.8 Å². The second-order valence-electron chi connectivity index (χ2n) is 4.82. The minimum atomic E-state index is 0.641. The molecule has 0 aromatic carbocycles. The van der Waals surface area contributed by atoms with E-state index in [1.54, 1.807) is 0 Å². The molecular weight excluding hydrogens is 218 g/mol. The van der Waals surface area contributed by atoms with Crippen molar-refractivity contribution in [1.82, 2.24) is 9.78 Å². The van der Waals surface area contributed by atoms with Crippen LogP contribution in [0, 0.1) is 5.92 Å². The number of nitrogens with one attached hydrogen (secondary N) is 1. The smallest absolute Gasteiger partial charge is 0.124 e. The van der Waals surface area contributed by atoms with Gasteiger partial charge in [0, 0.05) is 18.7 Å². The van der Waals surface area contributed by atoms with E-state index in [1.165, 1.54) is 30.2 Å². The number of hydrogen-bond donors (Lipinski definition) is 1. The summed E-state index contributed by atoms with van der Waals surface area (Å²) in [5, 5.41) is 7.99. The van der Waals surface area contributed by atoms with Crippen LogP contribution in [0.15, 0.2) is 12.3 Å². The van der Waals surface area contributed by atoms with Crippen molar-refractivity contribution in [2.45, 2.75) is 39.3 Å². The van der Waals surface area contributed by atoms with E-state index >= 15 is 0 Å². The Hall–Kier alpha value is -0.640. The molecule has 0 unspecified atom stereocenters. The van der Waals surface area contributed by atoms with E-state index in [9.17, 15) is 0 Å². The molecule has 0 bridgehead atoms. The molecule has 1 aliphatic heterocycles. The highest BCUT2D eigenvalue weighted by molar-refractivity contribution is 7.99. The molecule has 90 valence electrons. The van der Waals surface area contributed by atoms with Crippen LogP contribution in [0.5, 0.6) is 0 Å². The summed E-state index contributed by atoms with van der Waals surface area (Å²) < 4.78 is 2.09. The van der Waals surface area contributed by atoms with Crippen LogP contribution in [-0.4, -0.2) is 27.3 Å². The standard InChI is InChI=1S/C12H21N3S/c1-10(2)9-15-12(3-6-13-15)14-11-4-7-16-8-5-11/h3,6,10-11,14H,4-5,7-9H2,1-2H3. The molecule has 4 heteroatoms. The van der Waals surface area contributed by atoms with Crippen LogP contribution < -0.4 is 5.32 Å². The molecule has 1 aromatic rings. The number of anilines is 1. The molecule has 1 saturated heterocycles. The van der Waals surface area contributed by atoms with E-state index in [0.717, 1.165) is 6.54 Å². The summed E-state index contributed by atoms with van der Waals surface area (Å²) in [7, 11) is 0. The van der Waals surface area contributed by atoms with Gasteiger partial charge in [0.15, 0.2) is 0 Å². The van der Waals surface area contributed by atoms with Gasteiger partial charge in [-0.15, -0.1) is 0 Å². The molecule has 0 spiro atoms. The third-order valence-electron chi connectivity index (χ3n) is 2.83. The lowest BCUT2D eigenvalue weighted by Gasteiger charge is -2.24. The first kappa shape index (κ1) is 11.8. The van der Waals surface area contributed by atoms with Gasteiger partial charge in [-0.25, -0.2) is 4.68 Å². The Balaban J connectivity index is 1.94. The molecule has 3 nitrogen and oxygen atoms in total. The maximum atomic E-state index is 4.37. The van der Waals surface area contributed by atoms with Gasteiger partial charge in [-0.3, -0.25) is 0 Å². The molecule has 0 radical (unpaired) electrons. The molecule has 2 heterocycles. The minimum Gasteiger partial charge on any atom is -0.367 e. The van der Waals surface area contributed by atoms with Crippen molar-refractivity contribution in [3.05, 3.63) is 12.3 Å². The van der Waals surface area contributed by atoms with Crippen LogP contribution in [0.3, 0.4) is 0 Å². The van der Waals surface area contributed by atoms with E-state index in [1.807, 2.05) is 6.20 Å². The Bertz CT molecular complexity index is 316. The van der Waals surface area contributed by atoms with Crippen molar-refractivity contribution in [3.8, 4) is 0 Å². The molecule has 16 heavy (non-hydrogen) atoms. The molecular formula is C12H21N3S. The molecule has 1 aromatic heterocycles. The zero-order valence-corrected chi connectivity index (χ0v) is 11.0. The van der Waals surface area contributed by atoms with Gasteiger partial charge in [-0.05, 0) is 30.3 Å². The van der Waals surface area contributed by atoms with E-state index < -0.39 is 0 Å². The third-order valence-corrected chi connectivity index (χ3v) is 3.88. The molecule has 0 aliphatic carbocycles. The molecule has 0 saturated carbocycles. The maximum Gasteiger partial charge on any atom is 0.124 e. The van der Waals surface area contributed by atoms with E-state index in [4.69, 9.17) is 0 Å². The fourth-order valence-corrected chi connectivity index (χ4v) is 3.10. The second kappa shape index (κ2) is 5.62. The quantitative estimate of drug-likeness (QED) is 0.876. The lowest BCUT2D eigenvalue weighted by atomic mass is 10.1. The summed E-state index contributed by atoms with van der Waals surface area (Å²) in [5.41, 5.74) is 0. The van der Waals surface area contributed by atoms with Crippen molar-refractivity contribution < 1.29 is 0 Å². The highest BCUT2D eigenvalue weighted by Gasteiger charge is 2.15. The first-order valence-electron chi connectivity index (χ1n) is 6.12. The SMILES string of the molecule is CC(C)Cn1nccc1NC1CCSCC1. The van der Waals surface area contributed by atoms with Crippen molar-refractivity contribution in [2.75, 3.05) is 16.8 Å². The first-order valence-corrected chi connectivity index (χ1v) is 7.27.